The minimum absolute atomic E-state index is 0.161. The first-order valence-electron chi connectivity index (χ1n) is 5.46. The van der Waals surface area contributed by atoms with Crippen LogP contribution in [-0.4, -0.2) is 31.6 Å². The predicted octanol–water partition coefficient (Wildman–Crippen LogP) is 2.63. The number of benzene rings is 1. The number of hydrogen-bond acceptors (Lipinski definition) is 2. The molecule has 1 N–H and O–H groups in total. The summed E-state index contributed by atoms with van der Waals surface area (Å²) in [5, 5.41) is 3.23. The molecular formula is C12H18BrFN2. The van der Waals surface area contributed by atoms with Gasteiger partial charge in [-0.05, 0) is 25.7 Å². The Kier molecular flexibility index (Phi) is 5.95. The van der Waals surface area contributed by atoms with Gasteiger partial charge in [-0.25, -0.2) is 4.39 Å². The van der Waals surface area contributed by atoms with Crippen molar-refractivity contribution in [1.29, 1.82) is 0 Å². The van der Waals surface area contributed by atoms with Crippen LogP contribution in [0.3, 0.4) is 0 Å². The average molecular weight is 289 g/mol. The summed E-state index contributed by atoms with van der Waals surface area (Å²) in [4.78, 5) is 2.21. The van der Waals surface area contributed by atoms with Gasteiger partial charge >= 0.3 is 0 Å². The topological polar surface area (TPSA) is 15.3 Å². The second kappa shape index (κ2) is 6.99. The molecule has 0 aliphatic carbocycles. The lowest BCUT2D eigenvalue weighted by atomic mass is 10.2. The molecule has 0 unspecified atom stereocenters. The molecule has 0 aliphatic rings. The highest BCUT2D eigenvalue weighted by atomic mass is 79.9. The lowest BCUT2D eigenvalue weighted by molar-refractivity contribution is 0.348. The Bertz CT molecular complexity index is 331. The quantitative estimate of drug-likeness (QED) is 0.810. The van der Waals surface area contributed by atoms with Crippen LogP contribution in [0.4, 0.5) is 4.39 Å². The van der Waals surface area contributed by atoms with E-state index in [0.29, 0.717) is 12.1 Å². The summed E-state index contributed by atoms with van der Waals surface area (Å²) in [5.41, 5.74) is 0.711. The summed E-state index contributed by atoms with van der Waals surface area (Å²) in [5.74, 6) is -0.161. The highest BCUT2D eigenvalue weighted by Gasteiger charge is 2.02. The van der Waals surface area contributed by atoms with Crippen LogP contribution in [0.1, 0.15) is 12.5 Å². The number of likely N-dealkylation sites (N-methyl/N-ethyl adjacent to an activating group) is 1. The summed E-state index contributed by atoms with van der Waals surface area (Å²) >= 11 is 3.24. The summed E-state index contributed by atoms with van der Waals surface area (Å²) in [7, 11) is 2.07. The zero-order valence-electron chi connectivity index (χ0n) is 9.76. The molecule has 0 aliphatic heterocycles. The Labute approximate surface area is 105 Å². The second-order valence-corrected chi connectivity index (χ2v) is 4.72. The minimum Gasteiger partial charge on any atom is -0.311 e. The normalized spacial score (nSPS) is 11.1. The fourth-order valence-electron chi connectivity index (χ4n) is 1.32. The van der Waals surface area contributed by atoms with E-state index in [1.165, 1.54) is 6.07 Å². The zero-order chi connectivity index (χ0) is 12.0. The van der Waals surface area contributed by atoms with Gasteiger partial charge < -0.3 is 10.2 Å². The lowest BCUT2D eigenvalue weighted by Gasteiger charge is -2.14. The Balaban J connectivity index is 2.32. The summed E-state index contributed by atoms with van der Waals surface area (Å²) in [6, 6.07) is 5.16. The van der Waals surface area contributed by atoms with E-state index in [1.54, 1.807) is 6.07 Å². The van der Waals surface area contributed by atoms with Crippen molar-refractivity contribution in [3.63, 3.8) is 0 Å². The van der Waals surface area contributed by atoms with Gasteiger partial charge in [-0.3, -0.25) is 0 Å². The molecular weight excluding hydrogens is 271 g/mol. The molecule has 0 radical (unpaired) electrons. The first-order chi connectivity index (χ1) is 7.63. The maximum Gasteiger partial charge on any atom is 0.128 e. The van der Waals surface area contributed by atoms with Crippen LogP contribution >= 0.6 is 15.9 Å². The zero-order valence-corrected chi connectivity index (χ0v) is 11.3. The first-order valence-corrected chi connectivity index (χ1v) is 6.26. The van der Waals surface area contributed by atoms with Crippen molar-refractivity contribution in [1.82, 2.24) is 10.2 Å². The van der Waals surface area contributed by atoms with Crippen molar-refractivity contribution in [2.75, 3.05) is 26.7 Å². The molecule has 1 rings (SSSR count). The molecule has 0 aromatic heterocycles. The van der Waals surface area contributed by atoms with Crippen LogP contribution in [0.2, 0.25) is 0 Å². The number of rotatable bonds is 6. The second-order valence-electron chi connectivity index (χ2n) is 3.81. The number of nitrogens with one attached hydrogen (secondary N) is 1. The first kappa shape index (κ1) is 13.6. The summed E-state index contributed by atoms with van der Waals surface area (Å²) in [6.07, 6.45) is 0. The predicted molar refractivity (Wildman–Crippen MR) is 69.0 cm³/mol. The third kappa shape index (κ3) is 4.60. The van der Waals surface area contributed by atoms with Crippen LogP contribution in [0.25, 0.3) is 0 Å². The third-order valence-corrected chi connectivity index (χ3v) is 3.03. The molecule has 0 spiro atoms. The molecule has 0 heterocycles. The van der Waals surface area contributed by atoms with Gasteiger partial charge in [-0.1, -0.05) is 28.9 Å². The van der Waals surface area contributed by atoms with E-state index in [0.717, 1.165) is 24.1 Å². The van der Waals surface area contributed by atoms with Gasteiger partial charge in [0, 0.05) is 29.7 Å². The van der Waals surface area contributed by atoms with Crippen molar-refractivity contribution in [2.45, 2.75) is 13.5 Å². The van der Waals surface area contributed by atoms with Crippen molar-refractivity contribution in [2.24, 2.45) is 0 Å². The molecule has 16 heavy (non-hydrogen) atoms. The molecule has 2 nitrogen and oxygen atoms in total. The van der Waals surface area contributed by atoms with Crippen molar-refractivity contribution >= 4 is 15.9 Å². The van der Waals surface area contributed by atoms with E-state index in [9.17, 15) is 4.39 Å². The third-order valence-electron chi connectivity index (χ3n) is 2.54. The van der Waals surface area contributed by atoms with Crippen LogP contribution in [0.15, 0.2) is 22.7 Å². The van der Waals surface area contributed by atoms with Gasteiger partial charge in [-0.2, -0.15) is 0 Å². The summed E-state index contributed by atoms with van der Waals surface area (Å²) < 4.78 is 14.2. The Hall–Kier alpha value is -0.450. The molecule has 0 fully saturated rings. The van der Waals surface area contributed by atoms with E-state index in [1.807, 2.05) is 6.07 Å². The minimum atomic E-state index is -0.161. The lowest BCUT2D eigenvalue weighted by Crippen LogP contribution is -2.28. The SMILES string of the molecule is CCN(C)CCNCc1ccc(Br)cc1F. The number of halogens is 2. The molecule has 90 valence electrons. The fourth-order valence-corrected chi connectivity index (χ4v) is 1.65. The van der Waals surface area contributed by atoms with Crippen LogP contribution in [-0.2, 0) is 6.54 Å². The largest absolute Gasteiger partial charge is 0.311 e. The van der Waals surface area contributed by atoms with Crippen molar-refractivity contribution < 1.29 is 4.39 Å². The van der Waals surface area contributed by atoms with E-state index in [-0.39, 0.29) is 5.82 Å². The molecule has 0 amide bonds. The van der Waals surface area contributed by atoms with Crippen molar-refractivity contribution in [3.05, 3.63) is 34.1 Å². The maximum absolute atomic E-state index is 13.4. The molecule has 0 saturated heterocycles. The molecule has 0 atom stereocenters. The highest BCUT2D eigenvalue weighted by Crippen LogP contribution is 2.14. The fraction of sp³-hybridized carbons (Fsp3) is 0.500. The van der Waals surface area contributed by atoms with Gasteiger partial charge in [0.1, 0.15) is 5.82 Å². The van der Waals surface area contributed by atoms with Gasteiger partial charge in [-0.15, -0.1) is 0 Å². The smallest absolute Gasteiger partial charge is 0.128 e. The van der Waals surface area contributed by atoms with Crippen LogP contribution in [0, 0.1) is 5.82 Å². The molecule has 0 saturated carbocycles. The Morgan fingerprint density at radius 2 is 2.19 bits per heavy atom. The Morgan fingerprint density at radius 3 is 2.81 bits per heavy atom. The van der Waals surface area contributed by atoms with E-state index in [2.05, 4.69) is 40.1 Å². The molecule has 4 heteroatoms. The van der Waals surface area contributed by atoms with E-state index in [4.69, 9.17) is 0 Å². The number of hydrogen-bond donors (Lipinski definition) is 1. The molecule has 0 bridgehead atoms. The van der Waals surface area contributed by atoms with Crippen LogP contribution in [0.5, 0.6) is 0 Å². The van der Waals surface area contributed by atoms with Gasteiger partial charge in [0.05, 0.1) is 0 Å². The molecule has 1 aromatic carbocycles. The van der Waals surface area contributed by atoms with Gasteiger partial charge in [0.15, 0.2) is 0 Å². The van der Waals surface area contributed by atoms with Crippen LogP contribution < -0.4 is 5.32 Å². The van der Waals surface area contributed by atoms with E-state index >= 15 is 0 Å². The standard InChI is InChI=1S/C12H18BrFN2/c1-3-16(2)7-6-15-9-10-4-5-11(13)8-12(10)14/h4-5,8,15H,3,6-7,9H2,1-2H3. The maximum atomic E-state index is 13.4. The average Bonchev–Trinajstić information content (AvgIpc) is 2.26. The number of nitrogens with zero attached hydrogens (tertiary/aromatic N) is 1. The summed E-state index contributed by atoms with van der Waals surface area (Å²) in [6.45, 7) is 5.59. The van der Waals surface area contributed by atoms with Gasteiger partial charge in [0.25, 0.3) is 0 Å². The van der Waals surface area contributed by atoms with Gasteiger partial charge in [0.2, 0.25) is 0 Å². The monoisotopic (exact) mass is 288 g/mol. The molecule has 1 aromatic rings. The Morgan fingerprint density at radius 1 is 1.44 bits per heavy atom. The van der Waals surface area contributed by atoms with E-state index < -0.39 is 0 Å². The van der Waals surface area contributed by atoms with Crippen molar-refractivity contribution in [3.8, 4) is 0 Å². The highest BCUT2D eigenvalue weighted by molar-refractivity contribution is 9.10.